The molecule has 0 aliphatic heterocycles. The fourth-order valence-electron chi connectivity index (χ4n) is 3.18. The van der Waals surface area contributed by atoms with Gasteiger partial charge in [0.2, 0.25) is 5.91 Å². The van der Waals surface area contributed by atoms with E-state index in [0.717, 1.165) is 6.42 Å². The quantitative estimate of drug-likeness (QED) is 0.438. The summed E-state index contributed by atoms with van der Waals surface area (Å²) in [6.07, 6.45) is 0.787. The molecule has 0 aliphatic rings. The number of rotatable bonds is 10. The molecule has 0 saturated heterocycles. The molecule has 7 nitrogen and oxygen atoms in total. The number of halogens is 1. The van der Waals surface area contributed by atoms with Gasteiger partial charge in [-0.3, -0.25) is 9.59 Å². The number of thioether (sulfide) groups is 1. The molecule has 3 rings (SSSR count). The molecular weight excluding hydrogens is 446 g/mol. The van der Waals surface area contributed by atoms with Crippen LogP contribution in [0.1, 0.15) is 41.6 Å². The van der Waals surface area contributed by atoms with Crippen LogP contribution in [-0.4, -0.2) is 38.9 Å². The highest BCUT2D eigenvalue weighted by Gasteiger charge is 2.21. The topological polar surface area (TPSA) is 88.9 Å². The Bertz CT molecular complexity index is 1060. The number of nitrogens with one attached hydrogen (secondary N) is 2. The van der Waals surface area contributed by atoms with Gasteiger partial charge in [0.05, 0.1) is 22.4 Å². The van der Waals surface area contributed by atoms with Crippen molar-refractivity contribution >= 4 is 35.2 Å². The predicted octanol–water partition coefficient (Wildman–Crippen LogP) is 3.89. The van der Waals surface area contributed by atoms with Crippen LogP contribution in [0.3, 0.4) is 0 Å². The van der Waals surface area contributed by atoms with Crippen LogP contribution >= 0.6 is 23.4 Å². The second-order valence-electron chi connectivity index (χ2n) is 7.13. The summed E-state index contributed by atoms with van der Waals surface area (Å²) in [6, 6.07) is 16.5. The highest BCUT2D eigenvalue weighted by atomic mass is 35.5. The molecule has 2 amide bonds. The molecule has 0 fully saturated rings. The smallest absolute Gasteiger partial charge is 0.253 e. The lowest BCUT2D eigenvalue weighted by atomic mass is 10.1. The highest BCUT2D eigenvalue weighted by Crippen LogP contribution is 2.21. The van der Waals surface area contributed by atoms with Gasteiger partial charge in [-0.15, -0.1) is 10.2 Å². The minimum absolute atomic E-state index is 0.0572. The van der Waals surface area contributed by atoms with E-state index in [1.165, 1.54) is 17.3 Å². The molecule has 9 heteroatoms. The van der Waals surface area contributed by atoms with Crippen LogP contribution in [0.25, 0.3) is 0 Å². The van der Waals surface area contributed by atoms with E-state index >= 15 is 0 Å². The Morgan fingerprint density at radius 2 is 1.81 bits per heavy atom. The lowest BCUT2D eigenvalue weighted by molar-refractivity contribution is -0.118. The van der Waals surface area contributed by atoms with Crippen molar-refractivity contribution in [3.63, 3.8) is 0 Å². The van der Waals surface area contributed by atoms with Crippen molar-refractivity contribution in [3.05, 3.63) is 76.6 Å². The van der Waals surface area contributed by atoms with E-state index in [9.17, 15) is 9.59 Å². The monoisotopic (exact) mass is 471 g/mol. The molecule has 2 aromatic carbocycles. The van der Waals surface area contributed by atoms with E-state index in [0.29, 0.717) is 34.7 Å². The molecule has 1 heterocycles. The number of nitrogens with zero attached hydrogens (tertiary/aromatic N) is 3. The Balaban J connectivity index is 1.54. The minimum atomic E-state index is -0.375. The summed E-state index contributed by atoms with van der Waals surface area (Å²) in [7, 11) is 0. The zero-order chi connectivity index (χ0) is 22.9. The molecule has 3 aromatic rings. The van der Waals surface area contributed by atoms with Crippen LogP contribution < -0.4 is 10.6 Å². The van der Waals surface area contributed by atoms with Gasteiger partial charge < -0.3 is 15.2 Å². The largest absolute Gasteiger partial charge is 0.355 e. The second-order valence-corrected chi connectivity index (χ2v) is 8.48. The molecule has 2 N–H and O–H groups in total. The molecule has 0 radical (unpaired) electrons. The van der Waals surface area contributed by atoms with Gasteiger partial charge in [0.15, 0.2) is 11.0 Å². The van der Waals surface area contributed by atoms with Crippen molar-refractivity contribution in [3.8, 4) is 0 Å². The number of hydrogen-bond donors (Lipinski definition) is 2. The first-order chi connectivity index (χ1) is 15.5. The van der Waals surface area contributed by atoms with Gasteiger partial charge in [0.25, 0.3) is 5.91 Å². The first-order valence-electron chi connectivity index (χ1n) is 10.4. The van der Waals surface area contributed by atoms with Crippen molar-refractivity contribution in [2.75, 3.05) is 12.3 Å². The number of aromatic nitrogens is 3. The number of hydrogen-bond acceptors (Lipinski definition) is 5. The molecule has 0 aliphatic carbocycles. The molecular formula is C23H26ClN5O2S. The maximum atomic E-state index is 12.6. The van der Waals surface area contributed by atoms with Crippen molar-refractivity contribution in [2.24, 2.45) is 0 Å². The third-order valence-electron chi connectivity index (χ3n) is 4.83. The molecule has 1 aromatic heterocycles. The van der Waals surface area contributed by atoms with E-state index in [2.05, 4.69) is 20.8 Å². The van der Waals surface area contributed by atoms with E-state index in [-0.39, 0.29) is 23.6 Å². The maximum Gasteiger partial charge on any atom is 0.253 e. The molecule has 168 valence electrons. The number of carbonyl (C=O) groups is 2. The molecule has 32 heavy (non-hydrogen) atoms. The summed E-state index contributed by atoms with van der Waals surface area (Å²) in [6.45, 7) is 5.02. The zero-order valence-electron chi connectivity index (χ0n) is 18.0. The van der Waals surface area contributed by atoms with Crippen LogP contribution in [0.4, 0.5) is 0 Å². The highest BCUT2D eigenvalue weighted by molar-refractivity contribution is 7.99. The normalized spacial score (nSPS) is 11.7. The van der Waals surface area contributed by atoms with Crippen molar-refractivity contribution in [1.29, 1.82) is 0 Å². The van der Waals surface area contributed by atoms with Crippen LogP contribution in [0.2, 0.25) is 5.02 Å². The zero-order valence-corrected chi connectivity index (χ0v) is 19.6. The number of benzene rings is 2. The first-order valence-corrected chi connectivity index (χ1v) is 11.8. The fourth-order valence-corrected chi connectivity index (χ4v) is 4.24. The van der Waals surface area contributed by atoms with Crippen molar-refractivity contribution in [1.82, 2.24) is 25.4 Å². The van der Waals surface area contributed by atoms with E-state index < -0.39 is 0 Å². The number of amides is 2. The van der Waals surface area contributed by atoms with E-state index in [1.807, 2.05) is 48.7 Å². The van der Waals surface area contributed by atoms with Gasteiger partial charge in [-0.25, -0.2) is 0 Å². The third-order valence-corrected chi connectivity index (χ3v) is 6.12. The number of carbonyl (C=O) groups excluding carboxylic acids is 2. The molecule has 0 saturated carbocycles. The second kappa shape index (κ2) is 11.7. The van der Waals surface area contributed by atoms with Gasteiger partial charge in [-0.2, -0.15) is 0 Å². The van der Waals surface area contributed by atoms with Crippen LogP contribution in [-0.2, 0) is 17.8 Å². The van der Waals surface area contributed by atoms with Crippen LogP contribution in [0, 0.1) is 0 Å². The first kappa shape index (κ1) is 23.8. The average molecular weight is 472 g/mol. The molecule has 1 atom stereocenters. The summed E-state index contributed by atoms with van der Waals surface area (Å²) < 4.78 is 1.90. The third kappa shape index (κ3) is 6.34. The fraction of sp³-hybridized carbons (Fsp3) is 0.304. The molecule has 1 unspecified atom stereocenters. The molecule has 0 bridgehead atoms. The predicted molar refractivity (Wildman–Crippen MR) is 127 cm³/mol. The van der Waals surface area contributed by atoms with Crippen molar-refractivity contribution < 1.29 is 9.59 Å². The van der Waals surface area contributed by atoms with Gasteiger partial charge in [-0.05, 0) is 38.0 Å². The Labute approximate surface area is 197 Å². The van der Waals surface area contributed by atoms with Crippen LogP contribution in [0.5, 0.6) is 0 Å². The Kier molecular flexibility index (Phi) is 8.70. The lowest BCUT2D eigenvalue weighted by Gasteiger charge is -2.15. The summed E-state index contributed by atoms with van der Waals surface area (Å²) in [5, 5.41) is 15.3. The van der Waals surface area contributed by atoms with Gasteiger partial charge in [-0.1, -0.05) is 65.8 Å². The van der Waals surface area contributed by atoms with Crippen molar-refractivity contribution in [2.45, 2.75) is 38.0 Å². The Morgan fingerprint density at radius 3 is 2.53 bits per heavy atom. The maximum absolute atomic E-state index is 12.6. The standard InChI is InChI=1S/C23H26ClN5O2S/c1-3-29-21(16(2)26-22(31)18-11-7-8-12-19(18)24)27-28-23(29)32-15-20(30)25-14-13-17-9-5-4-6-10-17/h4-12,16H,3,13-15H2,1-2H3,(H,25,30)(H,26,31). The van der Waals surface area contributed by atoms with E-state index in [1.54, 1.807) is 24.3 Å². The summed E-state index contributed by atoms with van der Waals surface area (Å²) in [5.41, 5.74) is 1.59. The summed E-state index contributed by atoms with van der Waals surface area (Å²) in [4.78, 5) is 24.8. The van der Waals surface area contributed by atoms with Crippen LogP contribution in [0.15, 0.2) is 59.8 Å². The lowest BCUT2D eigenvalue weighted by Crippen LogP contribution is -2.29. The summed E-state index contributed by atoms with van der Waals surface area (Å²) >= 11 is 7.44. The van der Waals surface area contributed by atoms with Gasteiger partial charge in [0, 0.05) is 13.1 Å². The Morgan fingerprint density at radius 1 is 1.09 bits per heavy atom. The SMILES string of the molecule is CCn1c(SCC(=O)NCCc2ccccc2)nnc1C(C)NC(=O)c1ccccc1Cl. The average Bonchev–Trinajstić information content (AvgIpc) is 3.21. The van der Waals surface area contributed by atoms with Gasteiger partial charge >= 0.3 is 0 Å². The Hall–Kier alpha value is -2.84. The van der Waals surface area contributed by atoms with Gasteiger partial charge in [0.1, 0.15) is 0 Å². The summed E-state index contributed by atoms with van der Waals surface area (Å²) in [5.74, 6) is 0.534. The molecule has 0 spiro atoms. The minimum Gasteiger partial charge on any atom is -0.355 e. The van der Waals surface area contributed by atoms with E-state index in [4.69, 9.17) is 11.6 Å².